The first kappa shape index (κ1) is 5.09. The molecule has 1 aliphatic heterocycles. The molecule has 0 aliphatic carbocycles. The first-order chi connectivity index (χ1) is 3.89. The van der Waals surface area contributed by atoms with Crippen molar-refractivity contribution in [1.82, 2.24) is 0 Å². The van der Waals surface area contributed by atoms with E-state index < -0.39 is 0 Å². The maximum Gasteiger partial charge on any atom is 0.103 e. The highest BCUT2D eigenvalue weighted by Crippen LogP contribution is 1.90. The second-order valence-electron chi connectivity index (χ2n) is 1.59. The van der Waals surface area contributed by atoms with Crippen molar-refractivity contribution in [2.75, 3.05) is 0 Å². The maximum atomic E-state index is 5.38. The standard InChI is InChI=1S/C6H8N2/c7-6-4-2-1-3-5-8-6/h1-3,5H,4H2,(H2,7,8). The first-order valence-corrected chi connectivity index (χ1v) is 2.53. The Morgan fingerprint density at radius 2 is 2.38 bits per heavy atom. The quantitative estimate of drug-likeness (QED) is 0.490. The van der Waals surface area contributed by atoms with Crippen molar-refractivity contribution >= 4 is 5.84 Å². The zero-order chi connectivity index (χ0) is 5.82. The molecule has 1 heterocycles. The number of rotatable bonds is 0. The zero-order valence-corrected chi connectivity index (χ0v) is 4.54. The van der Waals surface area contributed by atoms with E-state index in [2.05, 4.69) is 4.99 Å². The number of amidine groups is 1. The van der Waals surface area contributed by atoms with E-state index in [4.69, 9.17) is 5.73 Å². The Morgan fingerprint density at radius 1 is 1.50 bits per heavy atom. The van der Waals surface area contributed by atoms with Crippen LogP contribution >= 0.6 is 0 Å². The van der Waals surface area contributed by atoms with E-state index in [0.29, 0.717) is 5.84 Å². The summed E-state index contributed by atoms with van der Waals surface area (Å²) in [4.78, 5) is 3.88. The van der Waals surface area contributed by atoms with Crippen LogP contribution in [0.1, 0.15) is 6.42 Å². The second-order valence-corrected chi connectivity index (χ2v) is 1.59. The van der Waals surface area contributed by atoms with E-state index in [1.807, 2.05) is 18.2 Å². The Morgan fingerprint density at radius 3 is 3.25 bits per heavy atom. The summed E-state index contributed by atoms with van der Waals surface area (Å²) in [5.74, 6) is 0.676. The van der Waals surface area contributed by atoms with Crippen molar-refractivity contribution in [1.29, 1.82) is 0 Å². The average molecular weight is 108 g/mol. The molecule has 42 valence electrons. The highest BCUT2D eigenvalue weighted by Gasteiger charge is 1.85. The molecule has 0 aromatic rings. The van der Waals surface area contributed by atoms with Crippen molar-refractivity contribution in [3.8, 4) is 0 Å². The maximum absolute atomic E-state index is 5.38. The third-order valence-corrected chi connectivity index (χ3v) is 0.901. The summed E-state index contributed by atoms with van der Waals surface area (Å²) in [5, 5.41) is 0. The number of hydrogen-bond donors (Lipinski definition) is 1. The van der Waals surface area contributed by atoms with Crippen molar-refractivity contribution in [2.24, 2.45) is 10.7 Å². The molecule has 2 N–H and O–H groups in total. The van der Waals surface area contributed by atoms with Crippen molar-refractivity contribution in [3.05, 3.63) is 24.4 Å². The first-order valence-electron chi connectivity index (χ1n) is 2.53. The molecule has 0 fully saturated rings. The predicted octanol–water partition coefficient (Wildman–Crippen LogP) is 0.817. The van der Waals surface area contributed by atoms with Gasteiger partial charge in [0.2, 0.25) is 0 Å². The molecule has 0 radical (unpaired) electrons. The summed E-state index contributed by atoms with van der Waals surface area (Å²) in [6, 6.07) is 0. The van der Waals surface area contributed by atoms with Crippen molar-refractivity contribution in [2.45, 2.75) is 6.42 Å². The molecule has 0 spiro atoms. The summed E-state index contributed by atoms with van der Waals surface area (Å²) in [6.07, 6.45) is 8.23. The fourth-order valence-corrected chi connectivity index (χ4v) is 0.509. The molecule has 0 aromatic carbocycles. The molecule has 0 saturated heterocycles. The molecular formula is C6H8N2. The zero-order valence-electron chi connectivity index (χ0n) is 4.54. The van der Waals surface area contributed by atoms with Crippen molar-refractivity contribution < 1.29 is 0 Å². The number of allylic oxidation sites excluding steroid dienone is 2. The van der Waals surface area contributed by atoms with E-state index in [1.54, 1.807) is 6.20 Å². The van der Waals surface area contributed by atoms with E-state index in [9.17, 15) is 0 Å². The smallest absolute Gasteiger partial charge is 0.103 e. The molecule has 1 rings (SSSR count). The van der Waals surface area contributed by atoms with E-state index in [1.165, 1.54) is 0 Å². The van der Waals surface area contributed by atoms with Crippen LogP contribution in [0.4, 0.5) is 0 Å². The van der Waals surface area contributed by atoms with Gasteiger partial charge in [0.15, 0.2) is 0 Å². The van der Waals surface area contributed by atoms with Crippen molar-refractivity contribution in [3.63, 3.8) is 0 Å². The lowest BCUT2D eigenvalue weighted by molar-refractivity contribution is 1.37. The van der Waals surface area contributed by atoms with E-state index in [0.717, 1.165) is 6.42 Å². The molecule has 0 saturated carbocycles. The number of hydrogen-bond acceptors (Lipinski definition) is 2. The van der Waals surface area contributed by atoms with Gasteiger partial charge in [-0.05, 0) is 6.08 Å². The molecule has 2 heteroatoms. The highest BCUT2D eigenvalue weighted by molar-refractivity contribution is 5.82. The average Bonchev–Trinajstić information content (AvgIpc) is 1.94. The van der Waals surface area contributed by atoms with Gasteiger partial charge in [-0.15, -0.1) is 0 Å². The lowest BCUT2D eigenvalue weighted by atomic mass is 10.4. The SMILES string of the molecule is NC1=NC=CC=CC1. The molecule has 0 unspecified atom stereocenters. The second kappa shape index (κ2) is 2.31. The van der Waals surface area contributed by atoms with Gasteiger partial charge in [0.1, 0.15) is 5.84 Å². The fourth-order valence-electron chi connectivity index (χ4n) is 0.509. The van der Waals surface area contributed by atoms with Crippen LogP contribution < -0.4 is 5.73 Å². The largest absolute Gasteiger partial charge is 0.387 e. The van der Waals surface area contributed by atoms with E-state index >= 15 is 0 Å². The van der Waals surface area contributed by atoms with Gasteiger partial charge in [0, 0.05) is 12.6 Å². The minimum atomic E-state index is 0.676. The minimum Gasteiger partial charge on any atom is -0.387 e. The van der Waals surface area contributed by atoms with Crippen LogP contribution in [-0.2, 0) is 0 Å². The number of nitrogens with zero attached hydrogens (tertiary/aromatic N) is 1. The summed E-state index contributed by atoms with van der Waals surface area (Å²) in [5.41, 5.74) is 5.38. The summed E-state index contributed by atoms with van der Waals surface area (Å²) < 4.78 is 0. The Labute approximate surface area is 48.4 Å². The molecular weight excluding hydrogens is 100 g/mol. The molecule has 0 aromatic heterocycles. The van der Waals surface area contributed by atoms with Crippen LogP contribution in [0.3, 0.4) is 0 Å². The summed E-state index contributed by atoms with van der Waals surface area (Å²) >= 11 is 0. The van der Waals surface area contributed by atoms with E-state index in [-0.39, 0.29) is 0 Å². The fraction of sp³-hybridized carbons (Fsp3) is 0.167. The van der Waals surface area contributed by atoms with Crippen LogP contribution in [0.5, 0.6) is 0 Å². The Kier molecular flexibility index (Phi) is 1.47. The molecule has 8 heavy (non-hydrogen) atoms. The Hall–Kier alpha value is -1.05. The third-order valence-electron chi connectivity index (χ3n) is 0.901. The van der Waals surface area contributed by atoms with Gasteiger partial charge in [-0.3, -0.25) is 0 Å². The molecule has 2 nitrogen and oxygen atoms in total. The summed E-state index contributed by atoms with van der Waals surface area (Å²) in [6.45, 7) is 0. The van der Waals surface area contributed by atoms with Gasteiger partial charge >= 0.3 is 0 Å². The van der Waals surface area contributed by atoms with Crippen LogP contribution in [0.2, 0.25) is 0 Å². The van der Waals surface area contributed by atoms with Gasteiger partial charge in [0.25, 0.3) is 0 Å². The predicted molar refractivity (Wildman–Crippen MR) is 34.5 cm³/mol. The van der Waals surface area contributed by atoms with Crippen LogP contribution in [0.15, 0.2) is 29.4 Å². The molecule has 0 atom stereocenters. The van der Waals surface area contributed by atoms with Gasteiger partial charge in [-0.1, -0.05) is 12.2 Å². The minimum absolute atomic E-state index is 0.676. The number of aliphatic imine (C=N–C) groups is 1. The van der Waals surface area contributed by atoms with Crippen LogP contribution in [-0.4, -0.2) is 5.84 Å². The highest BCUT2D eigenvalue weighted by atomic mass is 14.8. The lowest BCUT2D eigenvalue weighted by Gasteiger charge is -1.86. The Bertz CT molecular complexity index is 154. The molecule has 0 amide bonds. The molecule has 0 bridgehead atoms. The van der Waals surface area contributed by atoms with Crippen LogP contribution in [0.25, 0.3) is 0 Å². The Balaban J connectivity index is 2.69. The third kappa shape index (κ3) is 1.22. The monoisotopic (exact) mass is 108 g/mol. The summed E-state index contributed by atoms with van der Waals surface area (Å²) in [7, 11) is 0. The van der Waals surface area contributed by atoms with Gasteiger partial charge in [0.05, 0.1) is 0 Å². The van der Waals surface area contributed by atoms with Gasteiger partial charge < -0.3 is 5.73 Å². The van der Waals surface area contributed by atoms with Gasteiger partial charge in [-0.25, -0.2) is 4.99 Å². The van der Waals surface area contributed by atoms with Crippen LogP contribution in [0, 0.1) is 0 Å². The lowest BCUT2D eigenvalue weighted by Crippen LogP contribution is -2.08. The molecule has 1 aliphatic rings. The van der Waals surface area contributed by atoms with Gasteiger partial charge in [-0.2, -0.15) is 0 Å². The topological polar surface area (TPSA) is 38.4 Å². The number of nitrogens with two attached hydrogens (primary N) is 1. The normalized spacial score (nSPS) is 17.8.